The average molecular weight is 384 g/mol. The van der Waals surface area contributed by atoms with Crippen molar-refractivity contribution >= 4 is 34.5 Å². The Hall–Kier alpha value is -0.170. The summed E-state index contributed by atoms with van der Waals surface area (Å²) in [5, 5.41) is 0. The fourth-order valence-corrected chi connectivity index (χ4v) is 7.65. The molecule has 98 valence electrons. The van der Waals surface area contributed by atoms with E-state index in [2.05, 4.69) is 0 Å². The maximum Gasteiger partial charge on any atom is 0.441 e. The van der Waals surface area contributed by atoms with E-state index in [9.17, 15) is 13.2 Å². The molecular formula is C13H12F3IS. The van der Waals surface area contributed by atoms with Gasteiger partial charge < -0.3 is 0 Å². The molecule has 5 heteroatoms. The Labute approximate surface area is 118 Å². The van der Waals surface area contributed by atoms with E-state index in [1.165, 1.54) is 0 Å². The highest BCUT2D eigenvalue weighted by Gasteiger charge is 2.56. The largest absolute Gasteiger partial charge is 0.441 e. The monoisotopic (exact) mass is 384 g/mol. The second-order valence-corrected chi connectivity index (χ2v) is 11.1. The van der Waals surface area contributed by atoms with Gasteiger partial charge in [-0.15, -0.1) is 0 Å². The highest BCUT2D eigenvalue weighted by atomic mass is 127. The summed E-state index contributed by atoms with van der Waals surface area (Å²) in [6.45, 7) is 0. The van der Waals surface area contributed by atoms with Gasteiger partial charge in [-0.3, -0.25) is 0 Å². The van der Waals surface area contributed by atoms with Crippen LogP contribution in [0.25, 0.3) is 6.08 Å². The van der Waals surface area contributed by atoms with Gasteiger partial charge in [-0.1, -0.05) is 24.6 Å². The lowest BCUT2D eigenvalue weighted by molar-refractivity contribution is -0.0355. The molecule has 0 spiro atoms. The lowest BCUT2D eigenvalue weighted by atomic mass is 9.85. The van der Waals surface area contributed by atoms with Crippen molar-refractivity contribution in [1.82, 2.24) is 0 Å². The molecule has 18 heavy (non-hydrogen) atoms. The van der Waals surface area contributed by atoms with Crippen LogP contribution in [-0.2, 0) is 0 Å². The number of rotatable bonds is 1. The van der Waals surface area contributed by atoms with Crippen LogP contribution >= 0.6 is 28.4 Å². The third-order valence-corrected chi connectivity index (χ3v) is 10.8. The summed E-state index contributed by atoms with van der Waals surface area (Å²) >= 11 is 1.69. The van der Waals surface area contributed by atoms with Crippen LogP contribution in [0.1, 0.15) is 24.8 Å². The van der Waals surface area contributed by atoms with E-state index in [0.717, 1.165) is 24.8 Å². The van der Waals surface area contributed by atoms with E-state index in [4.69, 9.17) is 0 Å². The van der Waals surface area contributed by atoms with Crippen LogP contribution in [0.15, 0.2) is 34.1 Å². The molecule has 0 N–H and O–H groups in total. The predicted molar refractivity (Wildman–Crippen MR) is 77.7 cm³/mol. The quantitative estimate of drug-likeness (QED) is 0.531. The third kappa shape index (κ3) is 1.66. The van der Waals surface area contributed by atoms with Crippen molar-refractivity contribution in [2.24, 2.45) is 5.92 Å². The lowest BCUT2D eigenvalue weighted by Crippen LogP contribution is -2.22. The van der Waals surface area contributed by atoms with E-state index in [1.807, 2.05) is 6.07 Å². The molecule has 0 radical (unpaired) electrons. The van der Waals surface area contributed by atoms with Crippen molar-refractivity contribution in [1.29, 1.82) is 0 Å². The molecule has 2 aliphatic rings. The second-order valence-electron chi connectivity index (χ2n) is 4.70. The number of hydrogen-bond donors (Lipinski definition) is 0. The standard InChI is InChI=1S/C13H12F3IS/c14-13(15,16)18(17)11-7-2-1-4-10(11)8-12(18)9-5-3-6-9/h1-2,4,7-9H,3,5-6H2. The molecule has 1 saturated carbocycles. The summed E-state index contributed by atoms with van der Waals surface area (Å²) < 4.78 is 40.7. The van der Waals surface area contributed by atoms with E-state index >= 15 is 0 Å². The van der Waals surface area contributed by atoms with Gasteiger partial charge in [0.25, 0.3) is 0 Å². The van der Waals surface area contributed by atoms with Crippen molar-refractivity contribution in [3.8, 4) is 0 Å². The SMILES string of the molecule is FC(F)(F)S1(I)C(C2CCC2)=Cc2ccccc21. The van der Waals surface area contributed by atoms with Crippen molar-refractivity contribution < 1.29 is 13.2 Å². The highest BCUT2D eigenvalue weighted by Crippen LogP contribution is 2.83. The van der Waals surface area contributed by atoms with Gasteiger partial charge in [-0.05, 0) is 69.8 Å². The first-order chi connectivity index (χ1) is 8.44. The first-order valence-electron chi connectivity index (χ1n) is 5.84. The molecule has 1 aliphatic carbocycles. The fraction of sp³-hybridized carbons (Fsp3) is 0.385. The predicted octanol–water partition coefficient (Wildman–Crippen LogP) is 5.87. The summed E-state index contributed by atoms with van der Waals surface area (Å²) in [7, 11) is -2.85. The van der Waals surface area contributed by atoms with Crippen molar-refractivity contribution in [2.45, 2.75) is 29.7 Å². The lowest BCUT2D eigenvalue weighted by Gasteiger charge is -2.41. The van der Waals surface area contributed by atoms with E-state index in [1.54, 1.807) is 45.5 Å². The van der Waals surface area contributed by atoms with Crippen LogP contribution in [0.4, 0.5) is 13.2 Å². The normalized spacial score (nSPS) is 31.2. The molecule has 0 bridgehead atoms. The number of alkyl halides is 3. The maximum absolute atomic E-state index is 13.6. The summed E-state index contributed by atoms with van der Waals surface area (Å²) in [5.41, 5.74) is -3.39. The smallest absolute Gasteiger partial charge is 0.160 e. The van der Waals surface area contributed by atoms with E-state index in [-0.39, 0.29) is 5.92 Å². The van der Waals surface area contributed by atoms with Crippen LogP contribution in [-0.4, -0.2) is 5.51 Å². The number of allylic oxidation sites excluding steroid dienone is 1. The zero-order valence-corrected chi connectivity index (χ0v) is 12.5. The Balaban J connectivity index is 2.16. The maximum atomic E-state index is 13.6. The number of fused-ring (bicyclic) bond motifs is 1. The fourth-order valence-electron chi connectivity index (χ4n) is 2.52. The van der Waals surface area contributed by atoms with Crippen LogP contribution in [0.2, 0.25) is 0 Å². The number of hydrogen-bond acceptors (Lipinski definition) is 0. The first-order valence-corrected chi connectivity index (χ1v) is 10.0. The van der Waals surface area contributed by atoms with Gasteiger partial charge in [0.15, 0.2) is 0 Å². The Morgan fingerprint density at radius 1 is 1.17 bits per heavy atom. The second kappa shape index (κ2) is 4.16. The van der Waals surface area contributed by atoms with Crippen molar-refractivity contribution in [2.75, 3.05) is 0 Å². The van der Waals surface area contributed by atoms with Gasteiger partial charge in [0, 0.05) is 4.90 Å². The summed E-state index contributed by atoms with van der Waals surface area (Å²) in [6, 6.07) is 6.97. The Bertz CT molecular complexity index is 519. The topological polar surface area (TPSA) is 0 Å². The first kappa shape index (κ1) is 12.8. The molecule has 0 aromatic heterocycles. The molecular weight excluding hydrogens is 372 g/mol. The van der Waals surface area contributed by atoms with E-state index < -0.39 is 12.7 Å². The Morgan fingerprint density at radius 3 is 2.39 bits per heavy atom. The van der Waals surface area contributed by atoms with Gasteiger partial charge in [-0.25, -0.2) is 0 Å². The van der Waals surface area contributed by atoms with Crippen molar-refractivity contribution in [3.05, 3.63) is 34.7 Å². The zero-order valence-electron chi connectivity index (χ0n) is 9.51. The minimum absolute atomic E-state index is 0.144. The summed E-state index contributed by atoms with van der Waals surface area (Å²) in [5.74, 6) is 0.144. The number of benzene rings is 1. The van der Waals surface area contributed by atoms with Gasteiger partial charge in [-0.2, -0.15) is 13.2 Å². The van der Waals surface area contributed by atoms with Gasteiger partial charge in [0.1, 0.15) is 0 Å². The van der Waals surface area contributed by atoms with Gasteiger partial charge in [0.2, 0.25) is 0 Å². The minimum atomic E-state index is -4.15. The third-order valence-electron chi connectivity index (χ3n) is 3.67. The molecule has 0 amide bonds. The molecule has 1 unspecified atom stereocenters. The minimum Gasteiger partial charge on any atom is -0.160 e. The molecule has 1 heterocycles. The van der Waals surface area contributed by atoms with Gasteiger partial charge >= 0.3 is 5.51 Å². The van der Waals surface area contributed by atoms with Crippen molar-refractivity contribution in [3.63, 3.8) is 0 Å². The van der Waals surface area contributed by atoms with Crippen LogP contribution in [0.5, 0.6) is 0 Å². The molecule has 0 nitrogen and oxygen atoms in total. The molecule has 1 aliphatic heterocycles. The van der Waals surface area contributed by atoms with Crippen LogP contribution < -0.4 is 0 Å². The summed E-state index contributed by atoms with van der Waals surface area (Å²) in [6.07, 6.45) is 4.68. The Morgan fingerprint density at radius 2 is 1.83 bits per heavy atom. The van der Waals surface area contributed by atoms with Crippen LogP contribution in [0, 0.1) is 5.92 Å². The summed E-state index contributed by atoms with van der Waals surface area (Å²) in [4.78, 5) is 1.13. The zero-order chi connectivity index (χ0) is 13.0. The molecule has 1 fully saturated rings. The van der Waals surface area contributed by atoms with Gasteiger partial charge in [0.05, 0.1) is 0 Å². The van der Waals surface area contributed by atoms with Crippen LogP contribution in [0.3, 0.4) is 0 Å². The molecule has 1 atom stereocenters. The molecule has 1 aromatic rings. The number of halogens is 4. The highest BCUT2D eigenvalue weighted by molar-refractivity contribution is 14.2. The average Bonchev–Trinajstić information content (AvgIpc) is 2.52. The molecule has 3 rings (SSSR count). The molecule has 0 saturated heterocycles. The van der Waals surface area contributed by atoms with E-state index in [0.29, 0.717) is 9.80 Å². The Kier molecular flexibility index (Phi) is 2.97. The molecule has 1 aromatic carbocycles.